The van der Waals surface area contributed by atoms with Crippen LogP contribution in [0.3, 0.4) is 0 Å². The third kappa shape index (κ3) is 10.5. The fourth-order valence-corrected chi connectivity index (χ4v) is 6.31. The Kier molecular flexibility index (Phi) is 13.3. The van der Waals surface area contributed by atoms with Crippen molar-refractivity contribution < 1.29 is 43.5 Å². The molecule has 2 aliphatic rings. The van der Waals surface area contributed by atoms with E-state index in [4.69, 9.17) is 11.5 Å². The van der Waals surface area contributed by atoms with Crippen LogP contribution in [0, 0.1) is 0 Å². The van der Waals surface area contributed by atoms with Gasteiger partial charge in [0.1, 0.15) is 36.0 Å². The maximum atomic E-state index is 13.8. The standard InChI is InChI=1S/C33H44N10O9/c1-18(44)42-10-2-5-26(42)32(51)40-23(13-20-15-36-17-38-20)30(49)41-24(14-27(34)46)33(52)43-11-3-4-25(43)31(50)37-16-28(47)39-22(29(35)48)12-19-6-8-21(45)9-7-19/h6-9,15,17,22-26,45H,2-5,10-14,16H2,1H3,(H2,34,46)(H2,35,48)(H,36,38)(H,37,50)(H,39,47)(H,40,51)(H,41,49)/t22-,23-,24-,25-,26-/m0/s1. The number of amides is 8. The van der Waals surface area contributed by atoms with Crippen LogP contribution in [0.2, 0.25) is 0 Å². The number of rotatable bonds is 16. The number of nitrogens with two attached hydrogens (primary N) is 2. The zero-order valence-electron chi connectivity index (χ0n) is 28.6. The molecule has 2 aliphatic heterocycles. The molecule has 0 bridgehead atoms. The number of aromatic amines is 1. The van der Waals surface area contributed by atoms with Crippen molar-refractivity contribution in [2.75, 3.05) is 19.6 Å². The van der Waals surface area contributed by atoms with Crippen LogP contribution in [0.5, 0.6) is 5.75 Å². The van der Waals surface area contributed by atoms with Gasteiger partial charge in [0.2, 0.25) is 47.3 Å². The first-order valence-electron chi connectivity index (χ1n) is 16.8. The van der Waals surface area contributed by atoms with Gasteiger partial charge in [0.05, 0.1) is 19.3 Å². The Hall–Kier alpha value is -6.01. The number of nitrogens with zero attached hydrogens (tertiary/aromatic N) is 3. The maximum absolute atomic E-state index is 13.8. The number of nitrogens with one attached hydrogen (secondary N) is 5. The highest BCUT2D eigenvalue weighted by Gasteiger charge is 2.40. The average Bonchev–Trinajstić information content (AvgIpc) is 3.89. The van der Waals surface area contributed by atoms with E-state index in [1.807, 2.05) is 0 Å². The summed E-state index contributed by atoms with van der Waals surface area (Å²) in [5.74, 6) is -5.55. The number of carbonyl (C=O) groups is 8. The summed E-state index contributed by atoms with van der Waals surface area (Å²) < 4.78 is 0. The first kappa shape index (κ1) is 38.8. The number of hydrogen-bond acceptors (Lipinski definition) is 10. The van der Waals surface area contributed by atoms with Crippen molar-refractivity contribution in [1.82, 2.24) is 41.0 Å². The molecule has 0 unspecified atom stereocenters. The van der Waals surface area contributed by atoms with Gasteiger partial charge in [0, 0.05) is 44.7 Å². The Bertz CT molecular complexity index is 1650. The molecule has 2 aromatic rings. The van der Waals surface area contributed by atoms with E-state index in [-0.39, 0.29) is 37.5 Å². The molecule has 0 radical (unpaired) electrons. The first-order valence-corrected chi connectivity index (χ1v) is 16.8. The highest BCUT2D eigenvalue weighted by Crippen LogP contribution is 2.20. The molecule has 52 heavy (non-hydrogen) atoms. The Morgan fingerprint density at radius 2 is 1.52 bits per heavy atom. The summed E-state index contributed by atoms with van der Waals surface area (Å²) in [6, 6.07) is 0.261. The van der Waals surface area contributed by atoms with Gasteiger partial charge in [-0.15, -0.1) is 0 Å². The van der Waals surface area contributed by atoms with Gasteiger partial charge in [-0.05, 0) is 43.4 Å². The highest BCUT2D eigenvalue weighted by molar-refractivity contribution is 5.98. The number of phenolic OH excluding ortho intramolecular Hbond substituents is 1. The zero-order chi connectivity index (χ0) is 37.9. The Morgan fingerprint density at radius 1 is 0.865 bits per heavy atom. The third-order valence-corrected chi connectivity index (χ3v) is 8.91. The molecule has 2 saturated heterocycles. The molecule has 4 rings (SSSR count). The summed E-state index contributed by atoms with van der Waals surface area (Å²) in [7, 11) is 0. The van der Waals surface area contributed by atoms with E-state index in [0.717, 1.165) is 0 Å². The second-order valence-electron chi connectivity index (χ2n) is 12.7. The molecule has 0 spiro atoms. The second kappa shape index (κ2) is 17.8. The third-order valence-electron chi connectivity index (χ3n) is 8.91. The van der Waals surface area contributed by atoms with Gasteiger partial charge in [-0.25, -0.2) is 4.98 Å². The Balaban J connectivity index is 1.40. The minimum Gasteiger partial charge on any atom is -0.508 e. The molecule has 5 atom stereocenters. The largest absolute Gasteiger partial charge is 0.508 e. The minimum atomic E-state index is -1.50. The number of aromatic hydroxyl groups is 1. The monoisotopic (exact) mass is 724 g/mol. The number of hydrogen-bond donors (Lipinski definition) is 8. The summed E-state index contributed by atoms with van der Waals surface area (Å²) in [5.41, 5.74) is 12.0. The molecule has 280 valence electrons. The van der Waals surface area contributed by atoms with Crippen LogP contribution in [0.1, 0.15) is 50.3 Å². The van der Waals surface area contributed by atoms with Crippen LogP contribution in [0.4, 0.5) is 0 Å². The van der Waals surface area contributed by atoms with E-state index in [9.17, 15) is 43.5 Å². The molecular weight excluding hydrogens is 680 g/mol. The molecule has 1 aromatic heterocycles. The molecule has 3 heterocycles. The lowest BCUT2D eigenvalue weighted by Gasteiger charge is -2.30. The Morgan fingerprint density at radius 3 is 2.12 bits per heavy atom. The van der Waals surface area contributed by atoms with E-state index in [1.165, 1.54) is 41.4 Å². The predicted molar refractivity (Wildman–Crippen MR) is 181 cm³/mol. The smallest absolute Gasteiger partial charge is 0.246 e. The van der Waals surface area contributed by atoms with Crippen LogP contribution >= 0.6 is 0 Å². The molecule has 19 nitrogen and oxygen atoms in total. The number of aromatic nitrogens is 2. The van der Waals surface area contributed by atoms with Crippen molar-refractivity contribution in [2.45, 2.75) is 82.1 Å². The lowest BCUT2D eigenvalue weighted by atomic mass is 10.1. The summed E-state index contributed by atoms with van der Waals surface area (Å²) in [6.45, 7) is 1.29. The zero-order valence-corrected chi connectivity index (χ0v) is 28.6. The number of benzene rings is 1. The van der Waals surface area contributed by atoms with Crippen molar-refractivity contribution >= 4 is 47.3 Å². The minimum absolute atomic E-state index is 0.0228. The Labute approximate surface area is 298 Å². The number of primary amides is 2. The van der Waals surface area contributed by atoms with E-state index in [0.29, 0.717) is 37.1 Å². The summed E-state index contributed by atoms with van der Waals surface area (Å²) in [5, 5.41) is 19.6. The van der Waals surface area contributed by atoms with Gasteiger partial charge in [-0.2, -0.15) is 0 Å². The summed E-state index contributed by atoms with van der Waals surface area (Å²) in [6.07, 6.45) is 3.82. The van der Waals surface area contributed by atoms with E-state index in [1.54, 1.807) is 12.1 Å². The number of H-pyrrole nitrogens is 1. The molecular formula is C33H44N10O9. The van der Waals surface area contributed by atoms with Crippen LogP contribution in [-0.4, -0.2) is 122 Å². The maximum Gasteiger partial charge on any atom is 0.246 e. The van der Waals surface area contributed by atoms with Crippen molar-refractivity contribution in [2.24, 2.45) is 11.5 Å². The van der Waals surface area contributed by atoms with E-state index in [2.05, 4.69) is 31.2 Å². The van der Waals surface area contributed by atoms with Crippen molar-refractivity contribution in [3.8, 4) is 5.75 Å². The van der Waals surface area contributed by atoms with Crippen molar-refractivity contribution in [3.05, 3.63) is 48.0 Å². The molecule has 8 amide bonds. The van der Waals surface area contributed by atoms with Crippen LogP contribution in [-0.2, 0) is 51.2 Å². The van der Waals surface area contributed by atoms with Crippen molar-refractivity contribution in [1.29, 1.82) is 0 Å². The quantitative estimate of drug-likeness (QED) is 0.0859. The summed E-state index contributed by atoms with van der Waals surface area (Å²) in [4.78, 5) is 112. The van der Waals surface area contributed by atoms with Crippen LogP contribution in [0.25, 0.3) is 0 Å². The van der Waals surface area contributed by atoms with Crippen LogP contribution in [0.15, 0.2) is 36.8 Å². The fourth-order valence-electron chi connectivity index (χ4n) is 6.31. The highest BCUT2D eigenvalue weighted by atomic mass is 16.3. The molecule has 19 heteroatoms. The van der Waals surface area contributed by atoms with E-state index >= 15 is 0 Å². The first-order chi connectivity index (χ1) is 24.7. The number of likely N-dealkylation sites (tertiary alicyclic amines) is 2. The van der Waals surface area contributed by atoms with Gasteiger partial charge in [0.25, 0.3) is 0 Å². The van der Waals surface area contributed by atoms with Gasteiger partial charge < -0.3 is 52.6 Å². The SMILES string of the molecule is CC(=O)N1CCC[C@H]1C(=O)N[C@@H](Cc1cnc[nH]1)C(=O)N[C@@H](CC(N)=O)C(=O)N1CCC[C@H]1C(=O)NCC(=O)N[C@@H](Cc1ccc(O)cc1)C(N)=O. The normalized spacial score (nSPS) is 18.5. The van der Waals surface area contributed by atoms with Crippen LogP contribution < -0.4 is 32.7 Å². The summed E-state index contributed by atoms with van der Waals surface area (Å²) >= 11 is 0. The van der Waals surface area contributed by atoms with E-state index < -0.39 is 84.5 Å². The number of carbonyl (C=O) groups excluding carboxylic acids is 8. The molecule has 0 aliphatic carbocycles. The van der Waals surface area contributed by atoms with Crippen molar-refractivity contribution in [3.63, 3.8) is 0 Å². The lowest BCUT2D eigenvalue weighted by Crippen LogP contribution is -2.59. The van der Waals surface area contributed by atoms with Gasteiger partial charge in [0.15, 0.2) is 0 Å². The number of phenols is 1. The number of imidazole rings is 1. The average molecular weight is 725 g/mol. The lowest BCUT2D eigenvalue weighted by molar-refractivity contribution is -0.143. The van der Waals surface area contributed by atoms with Gasteiger partial charge in [-0.3, -0.25) is 38.4 Å². The second-order valence-corrected chi connectivity index (χ2v) is 12.7. The van der Waals surface area contributed by atoms with Gasteiger partial charge in [-0.1, -0.05) is 12.1 Å². The predicted octanol–water partition coefficient (Wildman–Crippen LogP) is -3.17. The molecule has 0 saturated carbocycles. The molecule has 1 aromatic carbocycles. The van der Waals surface area contributed by atoms with Gasteiger partial charge >= 0.3 is 0 Å². The molecule has 10 N–H and O–H groups in total. The topological polar surface area (TPSA) is 292 Å². The fraction of sp³-hybridized carbons (Fsp3) is 0.485. The molecule has 2 fully saturated rings.